The first-order chi connectivity index (χ1) is 8.22. The van der Waals surface area contributed by atoms with Crippen LogP contribution in [0.3, 0.4) is 0 Å². The number of rotatable bonds is 3. The van der Waals surface area contributed by atoms with Gasteiger partial charge >= 0.3 is 0 Å². The molecule has 1 aliphatic heterocycles. The van der Waals surface area contributed by atoms with E-state index in [0.717, 1.165) is 31.1 Å². The molecule has 2 atom stereocenters. The maximum atomic E-state index is 9.69. The van der Waals surface area contributed by atoms with E-state index in [4.69, 9.17) is 4.74 Å². The van der Waals surface area contributed by atoms with Gasteiger partial charge in [-0.25, -0.2) is 0 Å². The summed E-state index contributed by atoms with van der Waals surface area (Å²) in [4.78, 5) is 6.62. The smallest absolute Gasteiger partial charge is 0.0957 e. The highest BCUT2D eigenvalue weighted by molar-refractivity contribution is 5.46. The Balaban J connectivity index is 2.11. The standard InChI is InChI=1S/C13H20N2O2/c1-3-13(16)12-5-4-11(8-14-12)15-6-7-17-9-10(15)2/h4-5,8,10,13,16H,3,6-7,9H2,1-2H3/t10?,13-/m0/s1. The number of aliphatic hydroxyl groups excluding tert-OH is 1. The second-order valence-corrected chi connectivity index (χ2v) is 4.48. The number of ether oxygens (including phenoxy) is 1. The second-order valence-electron chi connectivity index (χ2n) is 4.48. The number of morpholine rings is 1. The average Bonchev–Trinajstić information content (AvgIpc) is 2.39. The number of aliphatic hydroxyl groups is 1. The maximum Gasteiger partial charge on any atom is 0.0957 e. The Morgan fingerprint density at radius 2 is 2.41 bits per heavy atom. The Labute approximate surface area is 102 Å². The van der Waals surface area contributed by atoms with Crippen molar-refractivity contribution in [2.24, 2.45) is 0 Å². The first kappa shape index (κ1) is 12.3. The fourth-order valence-corrected chi connectivity index (χ4v) is 2.08. The molecule has 0 radical (unpaired) electrons. The van der Waals surface area contributed by atoms with Gasteiger partial charge in [0.15, 0.2) is 0 Å². The lowest BCUT2D eigenvalue weighted by molar-refractivity contribution is 0.0989. The fourth-order valence-electron chi connectivity index (χ4n) is 2.08. The molecule has 17 heavy (non-hydrogen) atoms. The first-order valence-corrected chi connectivity index (χ1v) is 6.20. The molecule has 1 aromatic rings. The van der Waals surface area contributed by atoms with Crippen LogP contribution >= 0.6 is 0 Å². The molecule has 0 aliphatic carbocycles. The summed E-state index contributed by atoms with van der Waals surface area (Å²) < 4.78 is 5.41. The summed E-state index contributed by atoms with van der Waals surface area (Å²) in [7, 11) is 0. The van der Waals surface area contributed by atoms with E-state index in [-0.39, 0.29) is 0 Å². The highest BCUT2D eigenvalue weighted by Crippen LogP contribution is 2.21. The van der Waals surface area contributed by atoms with E-state index in [1.807, 2.05) is 25.3 Å². The predicted octanol–water partition coefficient (Wildman–Crippen LogP) is 1.75. The zero-order valence-electron chi connectivity index (χ0n) is 10.5. The molecule has 1 fully saturated rings. The molecular formula is C13H20N2O2. The van der Waals surface area contributed by atoms with Gasteiger partial charge in [-0.05, 0) is 25.5 Å². The molecule has 1 unspecified atom stereocenters. The minimum atomic E-state index is -0.453. The SMILES string of the molecule is CC[C@H](O)c1ccc(N2CCOCC2C)cn1. The van der Waals surface area contributed by atoms with E-state index in [2.05, 4.69) is 16.8 Å². The van der Waals surface area contributed by atoms with Crippen LogP contribution in [0, 0.1) is 0 Å². The van der Waals surface area contributed by atoms with Gasteiger partial charge in [-0.1, -0.05) is 6.92 Å². The van der Waals surface area contributed by atoms with Crippen LogP contribution < -0.4 is 4.90 Å². The van der Waals surface area contributed by atoms with Crippen LogP contribution in [0.25, 0.3) is 0 Å². The normalized spacial score (nSPS) is 22.5. The molecule has 1 saturated heterocycles. The predicted molar refractivity (Wildman–Crippen MR) is 67.1 cm³/mol. The highest BCUT2D eigenvalue weighted by atomic mass is 16.5. The van der Waals surface area contributed by atoms with E-state index in [0.29, 0.717) is 12.5 Å². The van der Waals surface area contributed by atoms with Gasteiger partial charge in [0.1, 0.15) is 0 Å². The summed E-state index contributed by atoms with van der Waals surface area (Å²) >= 11 is 0. The van der Waals surface area contributed by atoms with E-state index >= 15 is 0 Å². The van der Waals surface area contributed by atoms with E-state index < -0.39 is 6.10 Å². The van der Waals surface area contributed by atoms with Crippen LogP contribution in [0.1, 0.15) is 32.1 Å². The van der Waals surface area contributed by atoms with Gasteiger partial charge < -0.3 is 14.7 Å². The fraction of sp³-hybridized carbons (Fsp3) is 0.615. The van der Waals surface area contributed by atoms with Crippen molar-refractivity contribution in [1.29, 1.82) is 0 Å². The second kappa shape index (κ2) is 5.47. The monoisotopic (exact) mass is 236 g/mol. The molecule has 4 heteroatoms. The molecule has 2 heterocycles. The van der Waals surface area contributed by atoms with Crippen molar-refractivity contribution in [2.45, 2.75) is 32.4 Å². The molecule has 0 spiro atoms. The summed E-state index contributed by atoms with van der Waals surface area (Å²) in [5, 5.41) is 9.69. The molecule has 1 aromatic heterocycles. The Hall–Kier alpha value is -1.13. The van der Waals surface area contributed by atoms with Gasteiger partial charge in [-0.2, -0.15) is 0 Å². The molecule has 0 aromatic carbocycles. The number of anilines is 1. The molecule has 1 N–H and O–H groups in total. The van der Waals surface area contributed by atoms with Crippen LogP contribution in [-0.4, -0.2) is 35.9 Å². The van der Waals surface area contributed by atoms with E-state index in [1.54, 1.807) is 0 Å². The van der Waals surface area contributed by atoms with Crippen molar-refractivity contribution in [1.82, 2.24) is 4.98 Å². The van der Waals surface area contributed by atoms with Crippen LogP contribution in [0.4, 0.5) is 5.69 Å². The number of nitrogens with zero attached hydrogens (tertiary/aromatic N) is 2. The van der Waals surface area contributed by atoms with Crippen molar-refractivity contribution in [2.75, 3.05) is 24.7 Å². The van der Waals surface area contributed by atoms with Gasteiger partial charge in [0.05, 0.1) is 36.9 Å². The van der Waals surface area contributed by atoms with Crippen molar-refractivity contribution in [3.05, 3.63) is 24.0 Å². The number of aromatic nitrogens is 1. The summed E-state index contributed by atoms with van der Waals surface area (Å²) in [6, 6.07) is 4.32. The third-order valence-corrected chi connectivity index (χ3v) is 3.20. The molecular weight excluding hydrogens is 216 g/mol. The zero-order chi connectivity index (χ0) is 12.3. The average molecular weight is 236 g/mol. The molecule has 2 rings (SSSR count). The van der Waals surface area contributed by atoms with Gasteiger partial charge in [0.2, 0.25) is 0 Å². The Kier molecular flexibility index (Phi) is 3.97. The van der Waals surface area contributed by atoms with Crippen LogP contribution in [-0.2, 0) is 4.74 Å². The maximum absolute atomic E-state index is 9.69. The Bertz CT molecular complexity index is 353. The largest absolute Gasteiger partial charge is 0.387 e. The lowest BCUT2D eigenvalue weighted by Crippen LogP contribution is -2.43. The van der Waals surface area contributed by atoms with Crippen molar-refractivity contribution >= 4 is 5.69 Å². The summed E-state index contributed by atoms with van der Waals surface area (Å²) in [6.45, 7) is 6.53. The number of hydrogen-bond donors (Lipinski definition) is 1. The Morgan fingerprint density at radius 3 is 3.00 bits per heavy atom. The lowest BCUT2D eigenvalue weighted by Gasteiger charge is -2.35. The Morgan fingerprint density at radius 1 is 1.59 bits per heavy atom. The van der Waals surface area contributed by atoms with E-state index in [1.165, 1.54) is 0 Å². The van der Waals surface area contributed by atoms with Gasteiger partial charge in [-0.15, -0.1) is 0 Å². The minimum absolute atomic E-state index is 0.382. The third-order valence-electron chi connectivity index (χ3n) is 3.20. The van der Waals surface area contributed by atoms with Crippen LogP contribution in [0.15, 0.2) is 18.3 Å². The number of hydrogen-bond acceptors (Lipinski definition) is 4. The minimum Gasteiger partial charge on any atom is -0.387 e. The summed E-state index contributed by atoms with van der Waals surface area (Å²) in [5.74, 6) is 0. The van der Waals surface area contributed by atoms with Crippen molar-refractivity contribution < 1.29 is 9.84 Å². The van der Waals surface area contributed by atoms with Crippen LogP contribution in [0.2, 0.25) is 0 Å². The molecule has 1 aliphatic rings. The third kappa shape index (κ3) is 2.76. The molecule has 0 bridgehead atoms. The van der Waals surface area contributed by atoms with Crippen molar-refractivity contribution in [3.8, 4) is 0 Å². The molecule has 0 saturated carbocycles. The van der Waals surface area contributed by atoms with Crippen LogP contribution in [0.5, 0.6) is 0 Å². The van der Waals surface area contributed by atoms with Gasteiger partial charge in [-0.3, -0.25) is 4.98 Å². The van der Waals surface area contributed by atoms with Gasteiger partial charge in [0, 0.05) is 12.6 Å². The molecule has 94 valence electrons. The summed E-state index contributed by atoms with van der Waals surface area (Å²) in [6.07, 6.45) is 2.09. The number of pyridine rings is 1. The zero-order valence-corrected chi connectivity index (χ0v) is 10.5. The van der Waals surface area contributed by atoms with E-state index in [9.17, 15) is 5.11 Å². The quantitative estimate of drug-likeness (QED) is 0.868. The molecule has 0 amide bonds. The lowest BCUT2D eigenvalue weighted by atomic mass is 10.1. The first-order valence-electron chi connectivity index (χ1n) is 6.20. The molecule has 4 nitrogen and oxygen atoms in total. The topological polar surface area (TPSA) is 45.6 Å². The van der Waals surface area contributed by atoms with Gasteiger partial charge in [0.25, 0.3) is 0 Å². The van der Waals surface area contributed by atoms with Crippen molar-refractivity contribution in [3.63, 3.8) is 0 Å². The summed E-state index contributed by atoms with van der Waals surface area (Å²) in [5.41, 5.74) is 1.85. The highest BCUT2D eigenvalue weighted by Gasteiger charge is 2.19.